The fraction of sp³-hybridized carbons (Fsp3) is 0.455. The van der Waals surface area contributed by atoms with E-state index in [-0.39, 0.29) is 13.0 Å². The van der Waals surface area contributed by atoms with Gasteiger partial charge in [0.25, 0.3) is 5.56 Å². The number of aliphatic hydroxyl groups excluding tert-OH is 2. The molecule has 1 aromatic rings. The van der Waals surface area contributed by atoms with Gasteiger partial charge in [0.15, 0.2) is 5.83 Å². The molecule has 0 unspecified atom stereocenters. The van der Waals surface area contributed by atoms with Gasteiger partial charge >= 0.3 is 5.69 Å². The summed E-state index contributed by atoms with van der Waals surface area (Å²) in [7, 11) is 0. The minimum absolute atomic E-state index is 0.182. The summed E-state index contributed by atoms with van der Waals surface area (Å²) < 4.78 is 14.1. The number of rotatable bonds is 3. The average Bonchev–Trinajstić information content (AvgIpc) is 2.79. The third-order valence-corrected chi connectivity index (χ3v) is 4.94. The lowest BCUT2D eigenvalue weighted by Crippen LogP contribution is -2.32. The molecule has 0 bridgehead atoms. The summed E-state index contributed by atoms with van der Waals surface area (Å²) in [6, 6.07) is 0. The molecule has 3 N–H and O–H groups in total. The largest absolute Gasteiger partial charge is 0.395 e. The van der Waals surface area contributed by atoms with E-state index < -0.39 is 43.9 Å². The van der Waals surface area contributed by atoms with Crippen LogP contribution in [-0.4, -0.2) is 37.7 Å². The Morgan fingerprint density at radius 1 is 1.52 bits per heavy atom. The second kappa shape index (κ2) is 6.53. The molecule has 0 spiro atoms. The molecule has 6 nitrogen and oxygen atoms in total. The van der Waals surface area contributed by atoms with Gasteiger partial charge < -0.3 is 10.2 Å². The number of hydrogen-bond acceptors (Lipinski definition) is 5. The summed E-state index contributed by atoms with van der Waals surface area (Å²) in [6.45, 7) is -0.255. The smallest absolute Gasteiger partial charge is 0.329 e. The van der Waals surface area contributed by atoms with Gasteiger partial charge in [-0.1, -0.05) is 23.2 Å². The van der Waals surface area contributed by atoms with Crippen LogP contribution in [0.2, 0.25) is 0 Å². The highest BCUT2D eigenvalue weighted by atomic mass is 35.5. The summed E-state index contributed by atoms with van der Waals surface area (Å²) in [5.74, 6) is -1.14. The van der Waals surface area contributed by atoms with E-state index in [2.05, 4.69) is 0 Å². The van der Waals surface area contributed by atoms with Crippen molar-refractivity contribution in [3.63, 3.8) is 0 Å². The fourth-order valence-corrected chi connectivity index (χ4v) is 3.59. The lowest BCUT2D eigenvalue weighted by Gasteiger charge is -2.13. The van der Waals surface area contributed by atoms with E-state index >= 15 is 0 Å². The Kier molecular flexibility index (Phi) is 5.15. The zero-order valence-electron chi connectivity index (χ0n) is 10.4. The molecule has 0 aliphatic carbocycles. The van der Waals surface area contributed by atoms with Crippen LogP contribution in [0.15, 0.2) is 20.3 Å². The van der Waals surface area contributed by atoms with Crippen LogP contribution >= 0.6 is 35.0 Å². The Hall–Kier alpha value is -0.800. The molecule has 21 heavy (non-hydrogen) atoms. The van der Waals surface area contributed by atoms with Crippen LogP contribution in [0.5, 0.6) is 0 Å². The highest BCUT2D eigenvalue weighted by Gasteiger charge is 2.35. The molecule has 1 fully saturated rings. The van der Waals surface area contributed by atoms with Crippen molar-refractivity contribution in [2.45, 2.75) is 23.1 Å². The molecule has 1 aliphatic heterocycles. The Labute approximate surface area is 132 Å². The number of halogens is 3. The quantitative estimate of drug-likeness (QED) is 0.749. The molecule has 3 atom stereocenters. The minimum Gasteiger partial charge on any atom is -0.395 e. The number of aromatic nitrogens is 2. The van der Waals surface area contributed by atoms with Gasteiger partial charge in [-0.3, -0.25) is 14.3 Å². The summed E-state index contributed by atoms with van der Waals surface area (Å²) >= 11 is 11.8. The lowest BCUT2D eigenvalue weighted by atomic mass is 10.2. The molecule has 10 heteroatoms. The highest BCUT2D eigenvalue weighted by Crippen LogP contribution is 2.40. The first-order valence-corrected chi connectivity index (χ1v) is 7.56. The molecule has 1 aliphatic rings. The minimum atomic E-state index is -1.14. The lowest BCUT2D eigenvalue weighted by molar-refractivity contribution is 0.137. The maximum atomic E-state index is 13.7. The van der Waals surface area contributed by atoms with E-state index in [0.717, 1.165) is 22.5 Å². The van der Waals surface area contributed by atoms with E-state index in [4.69, 9.17) is 28.3 Å². The van der Waals surface area contributed by atoms with E-state index in [1.165, 1.54) is 0 Å². The normalized spacial score (nSPS) is 25.1. The number of nitrogens with one attached hydrogen (secondary N) is 1. The Morgan fingerprint density at radius 3 is 2.71 bits per heavy atom. The van der Waals surface area contributed by atoms with Crippen molar-refractivity contribution in [2.24, 2.45) is 0 Å². The second-order valence-corrected chi connectivity index (χ2v) is 6.77. The van der Waals surface area contributed by atoms with Gasteiger partial charge in [0, 0.05) is 12.6 Å². The molecule has 0 aromatic carbocycles. The van der Waals surface area contributed by atoms with Crippen LogP contribution < -0.4 is 11.2 Å². The van der Waals surface area contributed by atoms with Crippen molar-refractivity contribution in [3.05, 3.63) is 37.1 Å². The second-order valence-electron chi connectivity index (χ2n) is 4.40. The van der Waals surface area contributed by atoms with Gasteiger partial charge in [-0.2, -0.15) is 0 Å². The summed E-state index contributed by atoms with van der Waals surface area (Å²) in [4.78, 5) is 25.4. The highest BCUT2D eigenvalue weighted by molar-refractivity contribution is 8.00. The zero-order chi connectivity index (χ0) is 15.7. The summed E-state index contributed by atoms with van der Waals surface area (Å²) in [5.41, 5.74) is -2.17. The SMILES string of the molecule is O=c1[nH]c(=O)n([C@H]2C[C@H](O)[C@@H](CO)S2)cc1C(F)=C(Cl)Cl. The van der Waals surface area contributed by atoms with Crippen LogP contribution in [0.3, 0.4) is 0 Å². The van der Waals surface area contributed by atoms with Crippen molar-refractivity contribution in [1.82, 2.24) is 9.55 Å². The number of hydrogen-bond donors (Lipinski definition) is 3. The van der Waals surface area contributed by atoms with Gasteiger partial charge in [-0.25, -0.2) is 9.18 Å². The molecule has 0 radical (unpaired) electrons. The number of nitrogens with zero attached hydrogens (tertiary/aromatic N) is 1. The van der Waals surface area contributed by atoms with Crippen LogP contribution in [0, 0.1) is 0 Å². The zero-order valence-corrected chi connectivity index (χ0v) is 12.8. The van der Waals surface area contributed by atoms with E-state index in [1.54, 1.807) is 0 Å². The topological polar surface area (TPSA) is 95.3 Å². The molecular weight excluding hydrogens is 346 g/mol. The van der Waals surface area contributed by atoms with Crippen LogP contribution in [-0.2, 0) is 0 Å². The van der Waals surface area contributed by atoms with Gasteiger partial charge in [0.05, 0.1) is 28.9 Å². The molecular formula is C11H11Cl2FN2O4S. The molecule has 2 rings (SSSR count). The van der Waals surface area contributed by atoms with Gasteiger partial charge in [-0.15, -0.1) is 11.8 Å². The van der Waals surface area contributed by atoms with E-state index in [0.29, 0.717) is 0 Å². The van der Waals surface area contributed by atoms with Crippen LogP contribution in [0.25, 0.3) is 5.83 Å². The maximum absolute atomic E-state index is 13.7. The van der Waals surface area contributed by atoms with Crippen molar-refractivity contribution in [2.75, 3.05) is 6.61 Å². The third kappa shape index (κ3) is 3.35. The molecule has 2 heterocycles. The van der Waals surface area contributed by atoms with Crippen LogP contribution in [0.1, 0.15) is 17.4 Å². The third-order valence-electron chi connectivity index (χ3n) is 3.06. The first-order valence-electron chi connectivity index (χ1n) is 5.86. The first kappa shape index (κ1) is 16.6. The predicted molar refractivity (Wildman–Crippen MR) is 79.2 cm³/mol. The van der Waals surface area contributed by atoms with Crippen molar-refractivity contribution in [1.29, 1.82) is 0 Å². The van der Waals surface area contributed by atoms with Gasteiger partial charge in [0.1, 0.15) is 4.49 Å². The standard InChI is InChI=1S/C11H11Cl2FN2O4S/c12-9(13)8(14)4-2-16(11(20)15-10(4)19)7-1-5(18)6(3-17)21-7/h2,5-7,17-18H,1,3H2,(H,15,19,20)/t5-,6+,7+/m0/s1. The van der Waals surface area contributed by atoms with Gasteiger partial charge in [0.2, 0.25) is 0 Å². The monoisotopic (exact) mass is 356 g/mol. The van der Waals surface area contributed by atoms with Crippen molar-refractivity contribution >= 4 is 40.8 Å². The number of aliphatic hydroxyl groups is 2. The van der Waals surface area contributed by atoms with Crippen molar-refractivity contribution < 1.29 is 14.6 Å². The Morgan fingerprint density at radius 2 is 2.19 bits per heavy atom. The Bertz CT molecular complexity index is 686. The molecule has 116 valence electrons. The van der Waals surface area contributed by atoms with Crippen LogP contribution in [0.4, 0.5) is 4.39 Å². The molecule has 1 saturated heterocycles. The van der Waals surface area contributed by atoms with Crippen molar-refractivity contribution in [3.8, 4) is 0 Å². The average molecular weight is 357 g/mol. The first-order chi connectivity index (χ1) is 9.85. The Balaban J connectivity index is 2.47. The number of aromatic amines is 1. The fourth-order valence-electron chi connectivity index (χ4n) is 2.01. The number of H-pyrrole nitrogens is 1. The summed E-state index contributed by atoms with van der Waals surface area (Å²) in [6.07, 6.45) is 0.386. The van der Waals surface area contributed by atoms with Gasteiger partial charge in [-0.05, 0) is 0 Å². The van der Waals surface area contributed by atoms with E-state index in [1.807, 2.05) is 4.98 Å². The predicted octanol–water partition coefficient (Wildman–Crippen LogP) is 0.967. The van der Waals surface area contributed by atoms with E-state index in [9.17, 15) is 19.1 Å². The number of thioether (sulfide) groups is 1. The summed E-state index contributed by atoms with van der Waals surface area (Å²) in [5, 5.41) is 17.9. The molecule has 0 amide bonds. The maximum Gasteiger partial charge on any atom is 0.329 e. The molecule has 1 aromatic heterocycles. The molecule has 0 saturated carbocycles.